The summed E-state index contributed by atoms with van der Waals surface area (Å²) in [4.78, 5) is 13.3. The number of carbonyl (C=O) groups is 1. The molecule has 0 atom stereocenters. The number of rotatable bonds is 7. The molecule has 0 spiro atoms. The topological polar surface area (TPSA) is 38.3 Å². The van der Waals surface area contributed by atoms with Crippen LogP contribution in [0.15, 0.2) is 53.4 Å². The van der Waals surface area contributed by atoms with Gasteiger partial charge >= 0.3 is 6.36 Å². The zero-order valence-electron chi connectivity index (χ0n) is 14.5. The van der Waals surface area contributed by atoms with Crippen LogP contribution in [-0.4, -0.2) is 24.1 Å². The Morgan fingerprint density at radius 3 is 2.38 bits per heavy atom. The molecule has 26 heavy (non-hydrogen) atoms. The molecule has 0 aromatic heterocycles. The molecule has 0 aliphatic heterocycles. The normalized spacial score (nSPS) is 11.5. The molecular weight excluding hydrogens is 363 g/mol. The number of nitrogens with one attached hydrogen (secondary N) is 1. The van der Waals surface area contributed by atoms with Crippen LogP contribution in [0.1, 0.15) is 29.8 Å². The SMILES string of the molecule is CC(C)Sc1ccccc1C(=O)NCCc1ccc(OC(F)(F)F)cc1. The largest absolute Gasteiger partial charge is 0.573 e. The first kappa shape index (κ1) is 20.2. The predicted molar refractivity (Wildman–Crippen MR) is 96.6 cm³/mol. The van der Waals surface area contributed by atoms with Crippen LogP contribution in [0.3, 0.4) is 0 Å². The van der Waals surface area contributed by atoms with Crippen molar-refractivity contribution in [2.75, 3.05) is 6.54 Å². The molecule has 0 saturated heterocycles. The summed E-state index contributed by atoms with van der Waals surface area (Å²) in [6, 6.07) is 13.0. The number of amides is 1. The molecule has 2 aromatic rings. The first-order valence-corrected chi connectivity index (χ1v) is 9.01. The molecule has 3 nitrogen and oxygen atoms in total. The van der Waals surface area contributed by atoms with Crippen molar-refractivity contribution in [3.63, 3.8) is 0 Å². The second kappa shape index (κ2) is 8.98. The fraction of sp³-hybridized carbons (Fsp3) is 0.316. The third-order valence-corrected chi connectivity index (χ3v) is 4.43. The number of hydrogen-bond acceptors (Lipinski definition) is 3. The van der Waals surface area contributed by atoms with Gasteiger partial charge in [-0.25, -0.2) is 0 Å². The van der Waals surface area contributed by atoms with Crippen molar-refractivity contribution >= 4 is 17.7 Å². The standard InChI is InChI=1S/C19H20F3NO2S/c1-13(2)26-17-6-4-3-5-16(17)18(24)23-12-11-14-7-9-15(10-8-14)25-19(20,21)22/h3-10,13H,11-12H2,1-2H3,(H,23,24). The first-order valence-electron chi connectivity index (χ1n) is 8.13. The lowest BCUT2D eigenvalue weighted by Crippen LogP contribution is -2.26. The number of benzene rings is 2. The van der Waals surface area contributed by atoms with Crippen LogP contribution >= 0.6 is 11.8 Å². The summed E-state index contributed by atoms with van der Waals surface area (Å²) >= 11 is 1.62. The molecule has 0 saturated carbocycles. The van der Waals surface area contributed by atoms with Crippen LogP contribution < -0.4 is 10.1 Å². The zero-order valence-corrected chi connectivity index (χ0v) is 15.3. The summed E-state index contributed by atoms with van der Waals surface area (Å²) in [5.41, 5.74) is 1.43. The van der Waals surface area contributed by atoms with E-state index in [1.807, 2.05) is 18.2 Å². The fourth-order valence-electron chi connectivity index (χ4n) is 2.28. The molecule has 0 fully saturated rings. The van der Waals surface area contributed by atoms with E-state index in [1.165, 1.54) is 12.1 Å². The minimum Gasteiger partial charge on any atom is -0.406 e. The van der Waals surface area contributed by atoms with Crippen molar-refractivity contribution in [3.05, 3.63) is 59.7 Å². The zero-order chi connectivity index (χ0) is 19.2. The maximum atomic E-state index is 12.4. The van der Waals surface area contributed by atoms with E-state index in [-0.39, 0.29) is 11.7 Å². The Labute approximate surface area is 154 Å². The molecule has 0 unspecified atom stereocenters. The van der Waals surface area contributed by atoms with Gasteiger partial charge in [-0.2, -0.15) is 0 Å². The number of alkyl halides is 3. The summed E-state index contributed by atoms with van der Waals surface area (Å²) in [7, 11) is 0. The van der Waals surface area contributed by atoms with Crippen LogP contribution in [-0.2, 0) is 6.42 Å². The van der Waals surface area contributed by atoms with Gasteiger partial charge in [0.25, 0.3) is 5.91 Å². The lowest BCUT2D eigenvalue weighted by Gasteiger charge is -2.12. The van der Waals surface area contributed by atoms with Gasteiger partial charge in [0.05, 0.1) is 5.56 Å². The third-order valence-electron chi connectivity index (χ3n) is 3.35. The molecular formula is C19H20F3NO2S. The van der Waals surface area contributed by atoms with E-state index >= 15 is 0 Å². The van der Waals surface area contributed by atoms with Gasteiger partial charge in [0, 0.05) is 16.7 Å². The number of thioether (sulfide) groups is 1. The van der Waals surface area contributed by atoms with Gasteiger partial charge in [0.1, 0.15) is 5.75 Å². The van der Waals surface area contributed by atoms with Crippen LogP contribution in [0.2, 0.25) is 0 Å². The third kappa shape index (κ3) is 6.63. The monoisotopic (exact) mass is 383 g/mol. The van der Waals surface area contributed by atoms with Gasteiger partial charge in [0.2, 0.25) is 0 Å². The summed E-state index contributed by atoms with van der Waals surface area (Å²) in [6.07, 6.45) is -4.19. The highest BCUT2D eigenvalue weighted by Gasteiger charge is 2.30. The molecule has 140 valence electrons. The van der Waals surface area contributed by atoms with E-state index in [1.54, 1.807) is 30.0 Å². The Balaban J connectivity index is 1.89. The minimum atomic E-state index is -4.70. The van der Waals surface area contributed by atoms with Gasteiger partial charge in [0.15, 0.2) is 0 Å². The van der Waals surface area contributed by atoms with Gasteiger partial charge in [-0.15, -0.1) is 24.9 Å². The van der Waals surface area contributed by atoms with E-state index in [0.717, 1.165) is 10.5 Å². The Morgan fingerprint density at radius 2 is 1.77 bits per heavy atom. The van der Waals surface area contributed by atoms with Crippen LogP contribution in [0.25, 0.3) is 0 Å². The molecule has 0 aliphatic carbocycles. The summed E-state index contributed by atoms with van der Waals surface area (Å²) in [5.74, 6) is -0.421. The van der Waals surface area contributed by atoms with Crippen molar-refractivity contribution in [2.45, 2.75) is 36.8 Å². The van der Waals surface area contributed by atoms with Crippen LogP contribution in [0.5, 0.6) is 5.75 Å². The predicted octanol–water partition coefficient (Wildman–Crippen LogP) is 5.06. The van der Waals surface area contributed by atoms with E-state index in [4.69, 9.17) is 0 Å². The fourth-order valence-corrected chi connectivity index (χ4v) is 3.24. The Kier molecular flexibility index (Phi) is 6.97. The molecule has 2 aromatic carbocycles. The van der Waals surface area contributed by atoms with Gasteiger partial charge in [-0.05, 0) is 36.2 Å². The second-order valence-corrected chi connectivity index (χ2v) is 7.48. The maximum absolute atomic E-state index is 12.4. The minimum absolute atomic E-state index is 0.161. The maximum Gasteiger partial charge on any atom is 0.573 e. The van der Waals surface area contributed by atoms with Crippen molar-refractivity contribution < 1.29 is 22.7 Å². The molecule has 0 bridgehead atoms. The molecule has 7 heteroatoms. The van der Waals surface area contributed by atoms with Gasteiger partial charge in [-0.3, -0.25) is 4.79 Å². The van der Waals surface area contributed by atoms with Crippen LogP contribution in [0.4, 0.5) is 13.2 Å². The Bertz CT molecular complexity index is 730. The van der Waals surface area contributed by atoms with E-state index in [0.29, 0.717) is 23.8 Å². The van der Waals surface area contributed by atoms with Crippen molar-refractivity contribution in [3.8, 4) is 5.75 Å². The van der Waals surface area contributed by atoms with E-state index < -0.39 is 6.36 Å². The summed E-state index contributed by atoms with van der Waals surface area (Å²) in [6.45, 7) is 4.51. The van der Waals surface area contributed by atoms with E-state index in [9.17, 15) is 18.0 Å². The average Bonchev–Trinajstić information content (AvgIpc) is 2.55. The van der Waals surface area contributed by atoms with Gasteiger partial charge in [-0.1, -0.05) is 38.1 Å². The van der Waals surface area contributed by atoms with Crippen LogP contribution in [0, 0.1) is 0 Å². The second-order valence-electron chi connectivity index (χ2n) is 5.86. The molecule has 0 aliphatic rings. The molecule has 0 radical (unpaired) electrons. The number of halogens is 3. The lowest BCUT2D eigenvalue weighted by molar-refractivity contribution is -0.274. The van der Waals surface area contributed by atoms with Crippen molar-refractivity contribution in [1.29, 1.82) is 0 Å². The van der Waals surface area contributed by atoms with Crippen molar-refractivity contribution in [2.24, 2.45) is 0 Å². The highest BCUT2D eigenvalue weighted by atomic mass is 32.2. The van der Waals surface area contributed by atoms with E-state index in [2.05, 4.69) is 23.9 Å². The quantitative estimate of drug-likeness (QED) is 0.680. The molecule has 1 N–H and O–H groups in total. The summed E-state index contributed by atoms with van der Waals surface area (Å²) < 4.78 is 40.2. The number of ether oxygens (including phenoxy) is 1. The number of carbonyl (C=O) groups excluding carboxylic acids is 1. The summed E-state index contributed by atoms with van der Waals surface area (Å²) in [5, 5.41) is 3.21. The Morgan fingerprint density at radius 1 is 1.12 bits per heavy atom. The highest BCUT2D eigenvalue weighted by molar-refractivity contribution is 8.00. The molecule has 1 amide bonds. The first-order chi connectivity index (χ1) is 12.2. The Hall–Kier alpha value is -2.15. The highest BCUT2D eigenvalue weighted by Crippen LogP contribution is 2.26. The smallest absolute Gasteiger partial charge is 0.406 e. The lowest BCUT2D eigenvalue weighted by atomic mass is 10.1. The molecule has 2 rings (SSSR count). The molecule has 0 heterocycles. The van der Waals surface area contributed by atoms with Crippen molar-refractivity contribution in [1.82, 2.24) is 5.32 Å². The number of hydrogen-bond donors (Lipinski definition) is 1. The average molecular weight is 383 g/mol. The van der Waals surface area contributed by atoms with Gasteiger partial charge < -0.3 is 10.1 Å².